The fourth-order valence-corrected chi connectivity index (χ4v) is 2.73. The van der Waals surface area contributed by atoms with Crippen molar-refractivity contribution in [2.24, 2.45) is 0 Å². The zero-order valence-corrected chi connectivity index (χ0v) is 12.0. The highest BCUT2D eigenvalue weighted by Gasteiger charge is 2.23. The first-order valence-electron chi connectivity index (χ1n) is 7.37. The molecule has 0 radical (unpaired) electrons. The first-order valence-corrected chi connectivity index (χ1v) is 7.37. The summed E-state index contributed by atoms with van der Waals surface area (Å²) in [5.74, 6) is -0.113. The van der Waals surface area contributed by atoms with E-state index in [0.717, 1.165) is 25.9 Å². The van der Waals surface area contributed by atoms with Crippen LogP contribution >= 0.6 is 0 Å². The van der Waals surface area contributed by atoms with E-state index in [4.69, 9.17) is 4.74 Å². The quantitative estimate of drug-likeness (QED) is 0.807. The monoisotopic (exact) mass is 289 g/mol. The van der Waals surface area contributed by atoms with Crippen molar-refractivity contribution in [3.05, 3.63) is 29.6 Å². The Kier molecular flexibility index (Phi) is 4.15. The van der Waals surface area contributed by atoms with Gasteiger partial charge in [0.15, 0.2) is 0 Å². The van der Waals surface area contributed by atoms with Crippen LogP contribution in [0.25, 0.3) is 0 Å². The van der Waals surface area contributed by atoms with Gasteiger partial charge in [0.05, 0.1) is 24.3 Å². The van der Waals surface area contributed by atoms with E-state index in [1.165, 1.54) is 12.4 Å². The molecule has 0 saturated carbocycles. The molecule has 1 aromatic heterocycles. The molecule has 1 aromatic rings. The molecule has 6 nitrogen and oxygen atoms in total. The van der Waals surface area contributed by atoms with E-state index in [1.807, 2.05) is 4.90 Å². The summed E-state index contributed by atoms with van der Waals surface area (Å²) < 4.78 is 5.24. The molecule has 0 atom stereocenters. The maximum atomic E-state index is 12.4. The predicted molar refractivity (Wildman–Crippen MR) is 76.1 cm³/mol. The highest BCUT2D eigenvalue weighted by molar-refractivity contribution is 5.99. The third-order valence-corrected chi connectivity index (χ3v) is 3.92. The average molecular weight is 289 g/mol. The van der Waals surface area contributed by atoms with Crippen molar-refractivity contribution >= 4 is 11.8 Å². The van der Waals surface area contributed by atoms with Gasteiger partial charge in [-0.3, -0.25) is 14.6 Å². The van der Waals surface area contributed by atoms with E-state index in [9.17, 15) is 9.59 Å². The summed E-state index contributed by atoms with van der Waals surface area (Å²) in [6, 6.07) is 1.66. The van der Waals surface area contributed by atoms with Gasteiger partial charge in [0.25, 0.3) is 11.8 Å². The summed E-state index contributed by atoms with van der Waals surface area (Å²) in [4.78, 5) is 32.4. The lowest BCUT2D eigenvalue weighted by atomic mass is 10.1. The standard InChI is InChI=1S/C15H19N3O3/c19-14(17-3-1-2-4-17)12-9-13(11-16-10-12)15(20)18-5-7-21-8-6-18/h9-11H,1-8H2. The van der Waals surface area contributed by atoms with Crippen LogP contribution in [0.4, 0.5) is 0 Å². The van der Waals surface area contributed by atoms with Gasteiger partial charge >= 0.3 is 0 Å². The molecule has 2 saturated heterocycles. The molecule has 3 rings (SSSR count). The SMILES string of the molecule is O=C(c1cncc(C(=O)N2CCOCC2)c1)N1CCCC1. The van der Waals surface area contributed by atoms with E-state index < -0.39 is 0 Å². The number of amides is 2. The zero-order valence-electron chi connectivity index (χ0n) is 12.0. The first-order chi connectivity index (χ1) is 10.3. The Balaban J connectivity index is 1.75. The smallest absolute Gasteiger partial charge is 0.255 e. The van der Waals surface area contributed by atoms with Gasteiger partial charge in [-0.25, -0.2) is 0 Å². The fourth-order valence-electron chi connectivity index (χ4n) is 2.73. The van der Waals surface area contributed by atoms with Gasteiger partial charge < -0.3 is 14.5 Å². The van der Waals surface area contributed by atoms with E-state index in [2.05, 4.69) is 4.98 Å². The second-order valence-corrected chi connectivity index (χ2v) is 5.37. The Morgan fingerprint density at radius 3 is 2.00 bits per heavy atom. The van der Waals surface area contributed by atoms with Crippen molar-refractivity contribution < 1.29 is 14.3 Å². The molecule has 2 amide bonds. The van der Waals surface area contributed by atoms with Crippen molar-refractivity contribution in [2.45, 2.75) is 12.8 Å². The minimum atomic E-state index is -0.0816. The molecule has 0 aliphatic carbocycles. The van der Waals surface area contributed by atoms with Crippen molar-refractivity contribution in [3.63, 3.8) is 0 Å². The third-order valence-electron chi connectivity index (χ3n) is 3.92. The Bertz CT molecular complexity index is 535. The molecule has 2 aliphatic rings. The molecule has 0 N–H and O–H groups in total. The van der Waals surface area contributed by atoms with Gasteiger partial charge in [-0.05, 0) is 18.9 Å². The molecule has 2 aliphatic heterocycles. The van der Waals surface area contributed by atoms with E-state index in [-0.39, 0.29) is 11.8 Å². The minimum absolute atomic E-state index is 0.0309. The predicted octanol–water partition coefficient (Wildman–Crippen LogP) is 0.790. The largest absolute Gasteiger partial charge is 0.378 e. The number of likely N-dealkylation sites (tertiary alicyclic amines) is 1. The summed E-state index contributed by atoms with van der Waals surface area (Å²) in [5, 5.41) is 0. The summed E-state index contributed by atoms with van der Waals surface area (Å²) in [6.07, 6.45) is 5.16. The number of morpholine rings is 1. The Morgan fingerprint density at radius 1 is 0.905 bits per heavy atom. The van der Waals surface area contributed by atoms with Gasteiger partial charge in [0, 0.05) is 38.6 Å². The van der Waals surface area contributed by atoms with E-state index in [0.29, 0.717) is 37.4 Å². The number of rotatable bonds is 2. The summed E-state index contributed by atoms with van der Waals surface area (Å²) in [7, 11) is 0. The normalized spacial score (nSPS) is 18.9. The molecule has 0 aromatic carbocycles. The first kappa shape index (κ1) is 14.0. The average Bonchev–Trinajstić information content (AvgIpc) is 3.09. The van der Waals surface area contributed by atoms with Crippen LogP contribution in [-0.4, -0.2) is 66.0 Å². The molecular weight excluding hydrogens is 270 g/mol. The second kappa shape index (κ2) is 6.22. The number of aromatic nitrogens is 1. The number of hydrogen-bond acceptors (Lipinski definition) is 4. The van der Waals surface area contributed by atoms with Crippen LogP contribution in [0.15, 0.2) is 18.5 Å². The van der Waals surface area contributed by atoms with Crippen LogP contribution in [0.1, 0.15) is 33.6 Å². The molecule has 6 heteroatoms. The maximum absolute atomic E-state index is 12.4. The summed E-state index contributed by atoms with van der Waals surface area (Å²) >= 11 is 0. The molecule has 0 bridgehead atoms. The Hall–Kier alpha value is -1.95. The van der Waals surface area contributed by atoms with Crippen LogP contribution in [0.2, 0.25) is 0 Å². The number of carbonyl (C=O) groups excluding carboxylic acids is 2. The number of hydrogen-bond donors (Lipinski definition) is 0. The highest BCUT2D eigenvalue weighted by atomic mass is 16.5. The lowest BCUT2D eigenvalue weighted by Crippen LogP contribution is -2.40. The van der Waals surface area contributed by atoms with Crippen LogP contribution in [0.5, 0.6) is 0 Å². The lowest BCUT2D eigenvalue weighted by molar-refractivity contribution is 0.0302. The van der Waals surface area contributed by atoms with Crippen LogP contribution in [0, 0.1) is 0 Å². The topological polar surface area (TPSA) is 62.7 Å². The molecular formula is C15H19N3O3. The van der Waals surface area contributed by atoms with Crippen LogP contribution < -0.4 is 0 Å². The van der Waals surface area contributed by atoms with Gasteiger partial charge in [-0.2, -0.15) is 0 Å². The van der Waals surface area contributed by atoms with Crippen LogP contribution in [0.3, 0.4) is 0 Å². The van der Waals surface area contributed by atoms with Gasteiger partial charge in [0.1, 0.15) is 0 Å². The maximum Gasteiger partial charge on any atom is 0.255 e. The Labute approximate surface area is 123 Å². The van der Waals surface area contributed by atoms with Crippen molar-refractivity contribution in [1.29, 1.82) is 0 Å². The van der Waals surface area contributed by atoms with Crippen molar-refractivity contribution in [3.8, 4) is 0 Å². The second-order valence-electron chi connectivity index (χ2n) is 5.37. The number of ether oxygens (including phenoxy) is 1. The number of pyridine rings is 1. The summed E-state index contributed by atoms with van der Waals surface area (Å²) in [6.45, 7) is 3.88. The van der Waals surface area contributed by atoms with E-state index in [1.54, 1.807) is 11.0 Å². The molecule has 112 valence electrons. The molecule has 0 unspecified atom stereocenters. The van der Waals surface area contributed by atoms with Crippen molar-refractivity contribution in [2.75, 3.05) is 39.4 Å². The molecule has 3 heterocycles. The molecule has 21 heavy (non-hydrogen) atoms. The van der Waals surface area contributed by atoms with Gasteiger partial charge in [-0.15, -0.1) is 0 Å². The Morgan fingerprint density at radius 2 is 1.43 bits per heavy atom. The van der Waals surface area contributed by atoms with Gasteiger partial charge in [-0.1, -0.05) is 0 Å². The highest BCUT2D eigenvalue weighted by Crippen LogP contribution is 2.14. The molecule has 2 fully saturated rings. The third kappa shape index (κ3) is 3.05. The fraction of sp³-hybridized carbons (Fsp3) is 0.533. The lowest BCUT2D eigenvalue weighted by Gasteiger charge is -2.26. The molecule has 0 spiro atoms. The van der Waals surface area contributed by atoms with Crippen LogP contribution in [-0.2, 0) is 4.74 Å². The summed E-state index contributed by atoms with van der Waals surface area (Å²) in [5.41, 5.74) is 0.970. The minimum Gasteiger partial charge on any atom is -0.378 e. The van der Waals surface area contributed by atoms with Gasteiger partial charge in [0.2, 0.25) is 0 Å². The van der Waals surface area contributed by atoms with E-state index >= 15 is 0 Å². The number of nitrogens with zero attached hydrogens (tertiary/aromatic N) is 3. The van der Waals surface area contributed by atoms with Crippen molar-refractivity contribution in [1.82, 2.24) is 14.8 Å². The number of carbonyl (C=O) groups is 2. The zero-order chi connectivity index (χ0) is 14.7.